The molecule has 1 aliphatic carbocycles. The molecule has 0 atom stereocenters. The van der Waals surface area contributed by atoms with Gasteiger partial charge in [0.1, 0.15) is 5.82 Å². The third kappa shape index (κ3) is 8.94. The summed E-state index contributed by atoms with van der Waals surface area (Å²) in [4.78, 5) is 2.56. The van der Waals surface area contributed by atoms with Crippen molar-refractivity contribution in [2.45, 2.75) is 121 Å². The van der Waals surface area contributed by atoms with Crippen LogP contribution in [0.1, 0.15) is 114 Å². The zero-order valence-electron chi connectivity index (χ0n) is 29.1. The molecule has 1 fully saturated rings. The molecule has 3 aromatic rings. The highest BCUT2D eigenvalue weighted by Crippen LogP contribution is 2.36. The van der Waals surface area contributed by atoms with Crippen molar-refractivity contribution < 1.29 is 4.39 Å². The molecule has 1 saturated carbocycles. The van der Waals surface area contributed by atoms with Gasteiger partial charge in [0.05, 0.1) is 0 Å². The average Bonchev–Trinajstić information content (AvgIpc) is 3.04. The Morgan fingerprint density at radius 3 is 2.07 bits per heavy atom. The minimum Gasteiger partial charge on any atom is -0.364 e. The highest BCUT2D eigenvalue weighted by Gasteiger charge is 2.27. The Hall–Kier alpha value is -3.13. The van der Waals surface area contributed by atoms with Gasteiger partial charge in [0, 0.05) is 18.3 Å². The summed E-state index contributed by atoms with van der Waals surface area (Å²) >= 11 is 0. The second kappa shape index (κ2) is 17.2. The van der Waals surface area contributed by atoms with Crippen LogP contribution in [0.5, 0.6) is 0 Å². The lowest BCUT2D eigenvalue weighted by molar-refractivity contribution is 0.174. The van der Waals surface area contributed by atoms with Crippen LogP contribution in [-0.4, -0.2) is 10.9 Å². The van der Waals surface area contributed by atoms with Gasteiger partial charge in [-0.2, -0.15) is 0 Å². The number of halogens is 1. The summed E-state index contributed by atoms with van der Waals surface area (Å²) in [6.45, 7) is 28.6. The maximum Gasteiger partial charge on any atom is 0.126 e. The van der Waals surface area contributed by atoms with E-state index in [4.69, 9.17) is 0 Å². The van der Waals surface area contributed by atoms with Gasteiger partial charge >= 0.3 is 0 Å². The molecule has 0 radical (unpaired) electrons. The van der Waals surface area contributed by atoms with Crippen LogP contribution < -0.4 is 0 Å². The van der Waals surface area contributed by atoms with Gasteiger partial charge in [-0.1, -0.05) is 90.6 Å². The molecule has 0 N–H and O–H groups in total. The Labute approximate surface area is 263 Å². The van der Waals surface area contributed by atoms with E-state index in [0.29, 0.717) is 6.04 Å². The molecule has 0 unspecified atom stereocenters. The summed E-state index contributed by atoms with van der Waals surface area (Å²) in [5.74, 6) is 0.634. The molecule has 1 aliphatic rings. The molecule has 3 aromatic carbocycles. The molecule has 0 heterocycles. The van der Waals surface area contributed by atoms with Crippen LogP contribution in [0.4, 0.5) is 4.39 Å². The lowest BCUT2D eigenvalue weighted by Gasteiger charge is -2.40. The molecule has 4 rings (SSSR count). The minimum absolute atomic E-state index is 0.147. The summed E-state index contributed by atoms with van der Waals surface area (Å²) in [6.07, 6.45) is 5.90. The van der Waals surface area contributed by atoms with Crippen molar-refractivity contribution in [3.8, 4) is 11.1 Å². The number of nitrogens with zero attached hydrogens (tertiary/aromatic N) is 1. The summed E-state index contributed by atoms with van der Waals surface area (Å²) in [5, 5.41) is 0. The van der Waals surface area contributed by atoms with E-state index in [1.807, 2.05) is 40.7 Å². The predicted octanol–water partition coefficient (Wildman–Crippen LogP) is 12.4. The number of allylic oxidation sites excluding steroid dienone is 2. The Balaban J connectivity index is 0.00000155. The molecule has 2 heteroatoms. The molecular formula is C41H58FN. The maximum absolute atomic E-state index is 14.6. The van der Waals surface area contributed by atoms with Crippen molar-refractivity contribution in [2.75, 3.05) is 0 Å². The molecule has 1 nitrogen and oxygen atoms in total. The topological polar surface area (TPSA) is 3.24 Å². The molecule has 0 bridgehead atoms. The normalized spacial score (nSPS) is 16.7. The van der Waals surface area contributed by atoms with Crippen LogP contribution in [0, 0.1) is 32.5 Å². The van der Waals surface area contributed by atoms with E-state index in [1.165, 1.54) is 53.5 Å². The van der Waals surface area contributed by atoms with Gasteiger partial charge in [0.25, 0.3) is 0 Å². The van der Waals surface area contributed by atoms with Gasteiger partial charge in [-0.15, -0.1) is 0 Å². The first kappa shape index (κ1) is 36.1. The van der Waals surface area contributed by atoms with E-state index in [1.54, 1.807) is 6.07 Å². The number of hydrogen-bond donors (Lipinski definition) is 0. The molecule has 43 heavy (non-hydrogen) atoms. The van der Waals surface area contributed by atoms with Crippen molar-refractivity contribution in [1.82, 2.24) is 4.90 Å². The Morgan fingerprint density at radius 1 is 0.837 bits per heavy atom. The van der Waals surface area contributed by atoms with E-state index < -0.39 is 0 Å². The van der Waals surface area contributed by atoms with Crippen LogP contribution in [0.2, 0.25) is 0 Å². The fourth-order valence-corrected chi connectivity index (χ4v) is 6.19. The summed E-state index contributed by atoms with van der Waals surface area (Å²) in [6, 6.07) is 19.7. The number of benzene rings is 3. The first-order valence-corrected chi connectivity index (χ1v) is 16.7. The predicted molar refractivity (Wildman–Crippen MR) is 189 cm³/mol. The molecule has 0 aliphatic heterocycles. The van der Waals surface area contributed by atoms with Gasteiger partial charge in [-0.25, -0.2) is 4.39 Å². The Morgan fingerprint density at radius 2 is 1.44 bits per heavy atom. The molecule has 234 valence electrons. The van der Waals surface area contributed by atoms with Crippen LogP contribution >= 0.6 is 0 Å². The zero-order valence-corrected chi connectivity index (χ0v) is 29.1. The van der Waals surface area contributed by atoms with Crippen molar-refractivity contribution in [3.63, 3.8) is 0 Å². The highest BCUT2D eigenvalue weighted by molar-refractivity contribution is 5.74. The molecule has 0 saturated heterocycles. The largest absolute Gasteiger partial charge is 0.364 e. The highest BCUT2D eigenvalue weighted by atomic mass is 19.1. The average molecular weight is 584 g/mol. The fraction of sp³-hybridized carbons (Fsp3) is 0.463. The maximum atomic E-state index is 14.6. The van der Waals surface area contributed by atoms with Gasteiger partial charge < -0.3 is 4.90 Å². The van der Waals surface area contributed by atoms with E-state index >= 15 is 0 Å². The quantitative estimate of drug-likeness (QED) is 0.238. The zero-order chi connectivity index (χ0) is 32.3. The smallest absolute Gasteiger partial charge is 0.126 e. The lowest BCUT2D eigenvalue weighted by atomic mass is 9.85. The third-order valence-electron chi connectivity index (χ3n) is 9.11. The first-order chi connectivity index (χ1) is 20.6. The second-order valence-electron chi connectivity index (χ2n) is 11.8. The van der Waals surface area contributed by atoms with Crippen molar-refractivity contribution >= 4 is 5.57 Å². The van der Waals surface area contributed by atoms with Crippen LogP contribution in [0.15, 0.2) is 72.4 Å². The summed E-state index contributed by atoms with van der Waals surface area (Å²) in [5.41, 5.74) is 12.7. The lowest BCUT2D eigenvalue weighted by Crippen LogP contribution is -2.37. The third-order valence-corrected chi connectivity index (χ3v) is 9.11. The second-order valence-corrected chi connectivity index (χ2v) is 11.8. The fourth-order valence-electron chi connectivity index (χ4n) is 6.19. The van der Waals surface area contributed by atoms with Crippen molar-refractivity contribution in [1.29, 1.82) is 0 Å². The van der Waals surface area contributed by atoms with Crippen molar-refractivity contribution in [3.05, 3.63) is 112 Å². The monoisotopic (exact) mass is 583 g/mol. The van der Waals surface area contributed by atoms with Gasteiger partial charge in [-0.05, 0) is 140 Å². The Bertz CT molecular complexity index is 1370. The minimum atomic E-state index is -0.147. The summed E-state index contributed by atoms with van der Waals surface area (Å²) in [7, 11) is 0. The summed E-state index contributed by atoms with van der Waals surface area (Å²) < 4.78 is 14.6. The van der Waals surface area contributed by atoms with E-state index in [2.05, 4.69) is 95.5 Å². The van der Waals surface area contributed by atoms with Gasteiger partial charge in [-0.3, -0.25) is 0 Å². The SMILES string of the molecule is C=C(/C(C)=C(\C)c1c(C)ccc(F)c1C)N(Cc1cc(-c2cccc(CC)c2)ccc1C)C1CCC(C)CC1.CC.CC. The molecule has 0 aromatic heterocycles. The number of aryl methyl sites for hydroxylation is 3. The van der Waals surface area contributed by atoms with Crippen molar-refractivity contribution in [2.24, 2.45) is 5.92 Å². The van der Waals surface area contributed by atoms with Gasteiger partial charge in [0.2, 0.25) is 0 Å². The standard InChI is InChI=1S/C37H46FN.2C2H6/c1-9-31-11-10-12-32(21-31)33-17-15-25(3)34(22-33)23-39(35-18-13-24(2)14-19-35)30(8)27(5)28(6)37-26(4)16-20-36(38)29(37)7;2*1-2/h10-12,15-17,20-22,24,35H,8-9,13-14,18-19,23H2,1-7H3;2*1-2H3/b28-27+;;. The van der Waals surface area contributed by atoms with E-state index in [0.717, 1.165) is 52.4 Å². The molecule has 0 amide bonds. The molecule has 0 spiro atoms. The Kier molecular flexibility index (Phi) is 14.5. The van der Waals surface area contributed by atoms with E-state index in [9.17, 15) is 4.39 Å². The van der Waals surface area contributed by atoms with Crippen LogP contribution in [0.3, 0.4) is 0 Å². The first-order valence-electron chi connectivity index (χ1n) is 16.7. The van der Waals surface area contributed by atoms with Crippen LogP contribution in [-0.2, 0) is 13.0 Å². The van der Waals surface area contributed by atoms with Crippen LogP contribution in [0.25, 0.3) is 16.7 Å². The number of rotatable bonds is 8. The number of hydrogen-bond acceptors (Lipinski definition) is 1. The molecular weight excluding hydrogens is 525 g/mol. The van der Waals surface area contributed by atoms with E-state index in [-0.39, 0.29) is 5.82 Å². The van der Waals surface area contributed by atoms with Gasteiger partial charge in [0.15, 0.2) is 0 Å².